The summed E-state index contributed by atoms with van der Waals surface area (Å²) < 4.78 is 21.2. The number of hydrogen-bond donors (Lipinski definition) is 0. The van der Waals surface area contributed by atoms with Gasteiger partial charge in [-0.05, 0) is 59.4 Å². The molecule has 32 heavy (non-hydrogen) atoms. The minimum Gasteiger partial charge on any atom is -0.361 e. The molecule has 0 aliphatic rings. The van der Waals surface area contributed by atoms with E-state index >= 15 is 0 Å². The van der Waals surface area contributed by atoms with Crippen LogP contribution in [0.4, 0.5) is 4.39 Å². The monoisotopic (exact) mass is 465 g/mol. The highest BCUT2D eigenvalue weighted by Gasteiger charge is 2.26. The van der Waals surface area contributed by atoms with Crippen LogP contribution in [-0.4, -0.2) is 37.3 Å². The maximum atomic E-state index is 13.4. The van der Waals surface area contributed by atoms with E-state index in [0.717, 1.165) is 36.1 Å². The Bertz CT molecular complexity index is 1050. The molecule has 0 saturated carbocycles. The van der Waals surface area contributed by atoms with Crippen molar-refractivity contribution in [3.8, 4) is 11.5 Å². The van der Waals surface area contributed by atoms with Crippen LogP contribution >= 0.6 is 0 Å². The number of imidazole rings is 1. The molecule has 0 bridgehead atoms. The number of hydrogen-bond acceptors (Lipinski definition) is 3. The van der Waals surface area contributed by atoms with E-state index in [9.17, 15) is 4.39 Å². The number of pyridine rings is 1. The molecule has 0 fully saturated rings. The summed E-state index contributed by atoms with van der Waals surface area (Å²) >= 11 is 0. The smallest absolute Gasteiger partial charge is 0.186 e. The van der Waals surface area contributed by atoms with Gasteiger partial charge in [-0.1, -0.05) is 38.3 Å². The first-order valence-electron chi connectivity index (χ1n) is 11.0. The van der Waals surface area contributed by atoms with E-state index in [0.29, 0.717) is 6.73 Å². The fraction of sp³-hybridized carbons (Fsp3) is 0.360. The van der Waals surface area contributed by atoms with E-state index in [2.05, 4.69) is 47.6 Å². The van der Waals surface area contributed by atoms with Crippen molar-refractivity contribution in [1.82, 2.24) is 14.5 Å². The van der Waals surface area contributed by atoms with Gasteiger partial charge in [0, 0.05) is 39.5 Å². The predicted molar refractivity (Wildman–Crippen MR) is 133 cm³/mol. The normalized spacial score (nSPS) is 13.3. The van der Waals surface area contributed by atoms with Crippen LogP contribution in [-0.2, 0) is 23.6 Å². The summed E-state index contributed by atoms with van der Waals surface area (Å²) in [7, 11) is -3.20. The molecule has 2 aromatic heterocycles. The molecule has 1 aromatic carbocycles. The number of halogens is 1. The fourth-order valence-electron chi connectivity index (χ4n) is 3.44. The summed E-state index contributed by atoms with van der Waals surface area (Å²) in [5, 5.41) is 0. The summed E-state index contributed by atoms with van der Waals surface area (Å²) in [6.45, 7) is 10.6. The highest BCUT2D eigenvalue weighted by atomic mass is 28.3. The Balaban J connectivity index is 1.77. The van der Waals surface area contributed by atoms with Gasteiger partial charge in [0.05, 0.1) is 0 Å². The second kappa shape index (κ2) is 10.9. The molecule has 0 N–H and O–H groups in total. The molecule has 0 saturated heterocycles. The van der Waals surface area contributed by atoms with Crippen LogP contribution in [0.3, 0.4) is 0 Å². The Morgan fingerprint density at radius 2 is 1.59 bits per heavy atom. The molecular formula is C25H32FN3OSi2. The van der Waals surface area contributed by atoms with Gasteiger partial charge in [0.1, 0.15) is 20.6 Å². The van der Waals surface area contributed by atoms with Gasteiger partial charge in [0.25, 0.3) is 0 Å². The van der Waals surface area contributed by atoms with Crippen molar-refractivity contribution < 1.29 is 9.13 Å². The molecule has 2 heterocycles. The van der Waals surface area contributed by atoms with Gasteiger partial charge >= 0.3 is 0 Å². The van der Waals surface area contributed by atoms with Crippen LogP contribution in [0.1, 0.15) is 17.0 Å². The molecule has 3 rings (SSSR count). The summed E-state index contributed by atoms with van der Waals surface area (Å²) in [6.07, 6.45) is 7.33. The molecular weight excluding hydrogens is 433 g/mol. The van der Waals surface area contributed by atoms with Crippen LogP contribution in [0, 0.1) is 17.3 Å². The number of rotatable bonds is 9. The average Bonchev–Trinajstić information content (AvgIpc) is 3.19. The Morgan fingerprint density at radius 1 is 0.938 bits per heavy atom. The lowest BCUT2D eigenvalue weighted by Crippen LogP contribution is -2.36. The minimum atomic E-state index is -2.09. The summed E-state index contributed by atoms with van der Waals surface area (Å²) in [6, 6.07) is 13.7. The third kappa shape index (κ3) is 7.86. The highest BCUT2D eigenvalue weighted by Crippen LogP contribution is 2.18. The zero-order valence-corrected chi connectivity index (χ0v) is 21.4. The molecule has 0 aliphatic carbocycles. The lowest BCUT2D eigenvalue weighted by molar-refractivity contribution is 0.0866. The zero-order chi connectivity index (χ0) is 23.0. The van der Waals surface area contributed by atoms with Gasteiger partial charge in [-0.2, -0.15) is 0 Å². The predicted octanol–water partition coefficient (Wildman–Crippen LogP) is 5.26. The van der Waals surface area contributed by atoms with Crippen LogP contribution in [0.2, 0.25) is 32.2 Å². The fourth-order valence-corrected chi connectivity index (χ4v) is 7.19. The van der Waals surface area contributed by atoms with Crippen molar-refractivity contribution in [3.05, 3.63) is 84.0 Å². The van der Waals surface area contributed by atoms with E-state index in [-0.39, 0.29) is 5.82 Å². The largest absolute Gasteiger partial charge is 0.361 e. The van der Waals surface area contributed by atoms with Crippen LogP contribution in [0.25, 0.3) is 0 Å². The third-order valence-corrected chi connectivity index (χ3v) is 10.1. The standard InChI is InChI=1S/C25H32FN3OSi2/c1-31(2,3)18-16-30-21-29-15-14-28-25(29)11-17-32(4,20-23-9-12-27-13-10-23)19-22-5-7-24(26)8-6-22/h5-10,12-15H,16,18-21H2,1-4H3. The molecule has 4 nitrogen and oxygen atoms in total. The Hall–Kier alpha value is -2.54. The molecule has 1 unspecified atom stereocenters. The Kier molecular flexibility index (Phi) is 8.18. The first kappa shape index (κ1) is 24.1. The highest BCUT2D eigenvalue weighted by molar-refractivity contribution is 6.85. The second-order valence-corrected chi connectivity index (χ2v) is 19.4. The third-order valence-electron chi connectivity index (χ3n) is 5.27. The number of aromatic nitrogens is 3. The average molecular weight is 466 g/mol. The van der Waals surface area contributed by atoms with Crippen molar-refractivity contribution in [3.63, 3.8) is 0 Å². The van der Waals surface area contributed by atoms with Crippen molar-refractivity contribution >= 4 is 16.1 Å². The van der Waals surface area contributed by atoms with Crippen molar-refractivity contribution in [2.24, 2.45) is 0 Å². The summed E-state index contributed by atoms with van der Waals surface area (Å²) in [5.74, 6) is 3.86. The van der Waals surface area contributed by atoms with Crippen molar-refractivity contribution in [1.29, 1.82) is 0 Å². The second-order valence-electron chi connectivity index (χ2n) is 9.71. The minimum absolute atomic E-state index is 0.214. The van der Waals surface area contributed by atoms with E-state index < -0.39 is 16.1 Å². The summed E-state index contributed by atoms with van der Waals surface area (Å²) in [4.78, 5) is 8.58. The van der Waals surface area contributed by atoms with Crippen LogP contribution in [0.5, 0.6) is 0 Å². The van der Waals surface area contributed by atoms with E-state index in [1.807, 2.05) is 47.4 Å². The van der Waals surface area contributed by atoms with Gasteiger partial charge in [-0.15, -0.1) is 5.54 Å². The molecule has 168 valence electrons. The van der Waals surface area contributed by atoms with Gasteiger partial charge in [-0.3, -0.25) is 4.98 Å². The topological polar surface area (TPSA) is 39.9 Å². The summed E-state index contributed by atoms with van der Waals surface area (Å²) in [5.41, 5.74) is 5.95. The maximum absolute atomic E-state index is 13.4. The SMILES string of the molecule is C[Si](C)(C)CCOCn1ccnc1C#C[Si](C)(Cc1ccncc1)Cc1ccc(F)cc1. The molecule has 0 spiro atoms. The van der Waals surface area contributed by atoms with Crippen LogP contribution < -0.4 is 0 Å². The first-order valence-corrected chi connectivity index (χ1v) is 17.6. The molecule has 1 atom stereocenters. The molecule has 0 aliphatic heterocycles. The number of nitrogens with zero attached hydrogens (tertiary/aromatic N) is 3. The first-order chi connectivity index (χ1) is 15.2. The van der Waals surface area contributed by atoms with Gasteiger partial charge < -0.3 is 9.30 Å². The quantitative estimate of drug-likeness (QED) is 0.246. The molecule has 0 radical (unpaired) electrons. The van der Waals surface area contributed by atoms with Crippen molar-refractivity contribution in [2.45, 2.75) is 51.1 Å². The number of ether oxygens (including phenoxy) is 1. The van der Waals surface area contributed by atoms with Crippen molar-refractivity contribution in [2.75, 3.05) is 6.61 Å². The van der Waals surface area contributed by atoms with Gasteiger partial charge in [0.2, 0.25) is 0 Å². The Labute approximate surface area is 192 Å². The molecule has 3 aromatic rings. The molecule has 0 amide bonds. The van der Waals surface area contributed by atoms with Gasteiger partial charge in [-0.25, -0.2) is 9.37 Å². The molecule has 7 heteroatoms. The maximum Gasteiger partial charge on any atom is 0.186 e. The Morgan fingerprint density at radius 3 is 2.25 bits per heavy atom. The van der Waals surface area contributed by atoms with Gasteiger partial charge in [0.15, 0.2) is 5.82 Å². The zero-order valence-electron chi connectivity index (χ0n) is 19.4. The number of benzene rings is 1. The van der Waals surface area contributed by atoms with E-state index in [4.69, 9.17) is 4.74 Å². The lowest BCUT2D eigenvalue weighted by atomic mass is 10.2. The van der Waals surface area contributed by atoms with E-state index in [1.165, 1.54) is 17.7 Å². The lowest BCUT2D eigenvalue weighted by Gasteiger charge is -2.21. The van der Waals surface area contributed by atoms with Crippen LogP contribution in [0.15, 0.2) is 61.2 Å². The van der Waals surface area contributed by atoms with E-state index in [1.54, 1.807) is 6.20 Å².